The van der Waals surface area contributed by atoms with Gasteiger partial charge in [0.15, 0.2) is 12.4 Å². The van der Waals surface area contributed by atoms with Crippen LogP contribution in [0.15, 0.2) is 54.9 Å². The van der Waals surface area contributed by atoms with Crippen molar-refractivity contribution in [1.29, 1.82) is 0 Å². The number of aromatic nitrogens is 4. The molecule has 2 heterocycles. The van der Waals surface area contributed by atoms with E-state index >= 15 is 0 Å². The van der Waals surface area contributed by atoms with E-state index in [1.54, 1.807) is 12.4 Å². The van der Waals surface area contributed by atoms with Crippen LogP contribution >= 0.6 is 0 Å². The molecule has 3 N–H and O–H groups in total. The van der Waals surface area contributed by atoms with Gasteiger partial charge < -0.3 is 20.1 Å². The minimum atomic E-state index is -0.168. The molecule has 1 fully saturated rings. The van der Waals surface area contributed by atoms with E-state index in [-0.39, 0.29) is 24.7 Å². The van der Waals surface area contributed by atoms with Crippen LogP contribution in [0.5, 0.6) is 11.5 Å². The van der Waals surface area contributed by atoms with E-state index < -0.39 is 0 Å². The Kier molecular flexibility index (Phi) is 6.47. The lowest BCUT2D eigenvalue weighted by Crippen LogP contribution is -2.34. The zero-order valence-corrected chi connectivity index (χ0v) is 19.7. The largest absolute Gasteiger partial charge is 0.490 e. The van der Waals surface area contributed by atoms with E-state index in [1.165, 1.54) is 6.42 Å². The van der Waals surface area contributed by atoms with Crippen molar-refractivity contribution in [2.24, 2.45) is 0 Å². The van der Waals surface area contributed by atoms with Gasteiger partial charge in [0.1, 0.15) is 17.3 Å². The number of ether oxygens (including phenoxy) is 2. The maximum Gasteiger partial charge on any atom is 0.258 e. The number of anilines is 2. The van der Waals surface area contributed by atoms with Crippen LogP contribution in [0.25, 0.3) is 22.3 Å². The van der Waals surface area contributed by atoms with Crippen molar-refractivity contribution in [2.75, 3.05) is 11.9 Å². The van der Waals surface area contributed by atoms with Crippen LogP contribution in [0.3, 0.4) is 0 Å². The third-order valence-corrected chi connectivity index (χ3v) is 5.69. The van der Waals surface area contributed by atoms with Gasteiger partial charge in [0.05, 0.1) is 23.5 Å². The number of carbonyl (C=O) groups excluding carboxylic acids is 1. The summed E-state index contributed by atoms with van der Waals surface area (Å²) in [6.45, 7) is 3.76. The second kappa shape index (κ2) is 10.0. The molecule has 0 aliphatic heterocycles. The number of nitrogens with zero attached hydrogens (tertiary/aromatic N) is 3. The molecule has 9 nitrogen and oxygen atoms in total. The van der Waals surface area contributed by atoms with Gasteiger partial charge in [0.25, 0.3) is 5.91 Å². The fourth-order valence-electron chi connectivity index (χ4n) is 3.78. The third-order valence-electron chi connectivity index (χ3n) is 5.69. The predicted molar refractivity (Wildman–Crippen MR) is 134 cm³/mol. The summed E-state index contributed by atoms with van der Waals surface area (Å²) < 4.78 is 11.8. The van der Waals surface area contributed by atoms with Gasteiger partial charge in [0, 0.05) is 23.2 Å². The van der Waals surface area contributed by atoms with Gasteiger partial charge in [-0.2, -0.15) is 5.10 Å². The standard InChI is InChI=1S/C26H28N6O3/c1-16(2)29-24(33)15-34-20-8-3-5-17(11-20)25-31-23-10-9-21(35-19-6-4-7-19)12-22(23)26(32-25)30-18-13-27-28-14-18/h3,5,8-14,16,19H,4,6-7,15H2,1-2H3,(H,27,28)(H,29,33)(H,30,31,32). The lowest BCUT2D eigenvalue weighted by atomic mass is 9.96. The van der Waals surface area contributed by atoms with Gasteiger partial charge in [-0.3, -0.25) is 9.89 Å². The Morgan fingerprint density at radius 3 is 2.77 bits per heavy atom. The topological polar surface area (TPSA) is 114 Å². The Morgan fingerprint density at radius 1 is 1.14 bits per heavy atom. The Balaban J connectivity index is 1.45. The average Bonchev–Trinajstić information content (AvgIpc) is 3.33. The fraction of sp³-hybridized carbons (Fsp3) is 0.308. The first-order valence-corrected chi connectivity index (χ1v) is 11.8. The number of hydrogen-bond donors (Lipinski definition) is 3. The van der Waals surface area contributed by atoms with E-state index in [0.717, 1.165) is 40.7 Å². The van der Waals surface area contributed by atoms with Crippen LogP contribution in [0.1, 0.15) is 33.1 Å². The van der Waals surface area contributed by atoms with Crippen molar-refractivity contribution >= 4 is 28.3 Å². The summed E-state index contributed by atoms with van der Waals surface area (Å²) in [6, 6.07) is 13.4. The molecule has 180 valence electrons. The normalized spacial score (nSPS) is 13.5. The lowest BCUT2D eigenvalue weighted by molar-refractivity contribution is -0.123. The highest BCUT2D eigenvalue weighted by molar-refractivity contribution is 5.93. The van der Waals surface area contributed by atoms with Crippen molar-refractivity contribution in [3.63, 3.8) is 0 Å². The molecular weight excluding hydrogens is 444 g/mol. The molecule has 0 saturated heterocycles. The summed E-state index contributed by atoms with van der Waals surface area (Å²) in [4.78, 5) is 21.6. The minimum absolute atomic E-state index is 0.0583. The number of carbonyl (C=O) groups is 1. The molecule has 35 heavy (non-hydrogen) atoms. The Bertz CT molecular complexity index is 1320. The second-order valence-corrected chi connectivity index (χ2v) is 8.90. The van der Waals surface area contributed by atoms with E-state index in [4.69, 9.17) is 19.4 Å². The van der Waals surface area contributed by atoms with Crippen molar-refractivity contribution in [2.45, 2.75) is 45.3 Å². The van der Waals surface area contributed by atoms with Crippen molar-refractivity contribution < 1.29 is 14.3 Å². The highest BCUT2D eigenvalue weighted by Gasteiger charge is 2.20. The highest BCUT2D eigenvalue weighted by atomic mass is 16.5. The van der Waals surface area contributed by atoms with E-state index in [1.807, 2.05) is 56.3 Å². The van der Waals surface area contributed by atoms with E-state index in [0.29, 0.717) is 17.4 Å². The first-order chi connectivity index (χ1) is 17.0. The second-order valence-electron chi connectivity index (χ2n) is 8.90. The molecular formula is C26H28N6O3. The van der Waals surface area contributed by atoms with E-state index in [9.17, 15) is 4.79 Å². The van der Waals surface area contributed by atoms with Crippen molar-refractivity contribution in [1.82, 2.24) is 25.5 Å². The molecule has 1 amide bonds. The Hall–Kier alpha value is -4.14. The molecule has 1 aliphatic carbocycles. The van der Waals surface area contributed by atoms with Crippen LogP contribution in [0.2, 0.25) is 0 Å². The van der Waals surface area contributed by atoms with Gasteiger partial charge in [-0.15, -0.1) is 0 Å². The molecule has 1 aliphatic rings. The van der Waals surface area contributed by atoms with Crippen LogP contribution in [-0.2, 0) is 4.79 Å². The summed E-state index contributed by atoms with van der Waals surface area (Å²) >= 11 is 0. The van der Waals surface area contributed by atoms with Gasteiger partial charge in [-0.1, -0.05) is 12.1 Å². The van der Waals surface area contributed by atoms with Crippen LogP contribution in [0.4, 0.5) is 11.5 Å². The summed E-state index contributed by atoms with van der Waals surface area (Å²) in [5, 5.41) is 13.8. The smallest absolute Gasteiger partial charge is 0.258 e. The van der Waals surface area contributed by atoms with Gasteiger partial charge in [-0.25, -0.2) is 9.97 Å². The molecule has 1 saturated carbocycles. The number of hydrogen-bond acceptors (Lipinski definition) is 7. The Morgan fingerprint density at radius 2 is 2.03 bits per heavy atom. The van der Waals surface area contributed by atoms with Crippen molar-refractivity contribution in [3.8, 4) is 22.9 Å². The molecule has 9 heteroatoms. The molecule has 0 bridgehead atoms. The molecule has 5 rings (SSSR count). The number of nitrogens with one attached hydrogen (secondary N) is 3. The van der Waals surface area contributed by atoms with Crippen LogP contribution < -0.4 is 20.1 Å². The monoisotopic (exact) mass is 472 g/mol. The fourth-order valence-corrected chi connectivity index (χ4v) is 3.78. The molecule has 4 aromatic rings. The number of H-pyrrole nitrogens is 1. The number of benzene rings is 2. The summed E-state index contributed by atoms with van der Waals surface area (Å²) in [5.74, 6) is 2.39. The highest BCUT2D eigenvalue weighted by Crippen LogP contribution is 2.32. The maximum atomic E-state index is 12.0. The SMILES string of the molecule is CC(C)NC(=O)COc1cccc(-c2nc(Nc3cn[nH]c3)c3cc(OC4CCC4)ccc3n2)c1. The van der Waals surface area contributed by atoms with Gasteiger partial charge >= 0.3 is 0 Å². The van der Waals surface area contributed by atoms with Crippen LogP contribution in [-0.4, -0.2) is 44.8 Å². The summed E-state index contributed by atoms with van der Waals surface area (Å²) in [6.07, 6.45) is 7.13. The van der Waals surface area contributed by atoms with Gasteiger partial charge in [-0.05, 0) is 63.4 Å². The van der Waals surface area contributed by atoms with Gasteiger partial charge in [0.2, 0.25) is 0 Å². The number of fused-ring (bicyclic) bond motifs is 1. The number of rotatable bonds is 9. The first kappa shape index (κ1) is 22.6. The quantitative estimate of drug-likeness (QED) is 0.326. The summed E-state index contributed by atoms with van der Waals surface area (Å²) in [5.41, 5.74) is 2.35. The zero-order chi connectivity index (χ0) is 24.2. The molecule has 0 spiro atoms. The van der Waals surface area contributed by atoms with Crippen molar-refractivity contribution in [3.05, 3.63) is 54.9 Å². The average molecular weight is 473 g/mol. The lowest BCUT2D eigenvalue weighted by Gasteiger charge is -2.26. The predicted octanol–water partition coefficient (Wildman–Crippen LogP) is 4.60. The number of aromatic amines is 1. The molecule has 2 aromatic carbocycles. The maximum absolute atomic E-state index is 12.0. The first-order valence-electron chi connectivity index (χ1n) is 11.8. The van der Waals surface area contributed by atoms with E-state index in [2.05, 4.69) is 20.8 Å². The summed E-state index contributed by atoms with van der Waals surface area (Å²) in [7, 11) is 0. The molecule has 0 unspecified atom stereocenters. The van der Waals surface area contributed by atoms with Crippen LogP contribution in [0, 0.1) is 0 Å². The molecule has 0 atom stereocenters. The third kappa shape index (κ3) is 5.51. The Labute approximate surface area is 203 Å². The minimum Gasteiger partial charge on any atom is -0.490 e. The molecule has 2 aromatic heterocycles. The molecule has 0 radical (unpaired) electrons. The number of amides is 1. The zero-order valence-electron chi connectivity index (χ0n) is 19.7.